The third kappa shape index (κ3) is 3.30. The normalized spacial score (nSPS) is 14.5. The Hall–Kier alpha value is -4.20. The molecule has 2 N–H and O–H groups in total. The first-order chi connectivity index (χ1) is 16.5. The highest BCUT2D eigenvalue weighted by Gasteiger charge is 2.28. The smallest absolute Gasteiger partial charge is 0.337 e. The topological polar surface area (TPSA) is 106 Å². The lowest BCUT2D eigenvalue weighted by Crippen LogP contribution is -2.11. The Morgan fingerprint density at radius 1 is 1.21 bits per heavy atom. The molecule has 2 aromatic carbocycles. The first-order valence-corrected chi connectivity index (χ1v) is 11.3. The lowest BCUT2D eigenvalue weighted by atomic mass is 10.0. The van der Waals surface area contributed by atoms with Crippen LogP contribution >= 0.6 is 0 Å². The lowest BCUT2D eigenvalue weighted by molar-refractivity contribution is 0.0698. The van der Waals surface area contributed by atoms with E-state index >= 15 is 0 Å². The van der Waals surface area contributed by atoms with Crippen molar-refractivity contribution in [1.82, 2.24) is 20.0 Å². The van der Waals surface area contributed by atoms with E-state index in [1.165, 1.54) is 0 Å². The van der Waals surface area contributed by atoms with Gasteiger partial charge in [0.1, 0.15) is 11.1 Å². The average Bonchev–Trinajstić information content (AvgIpc) is 3.43. The summed E-state index contributed by atoms with van der Waals surface area (Å²) in [7, 11) is 0. The van der Waals surface area contributed by atoms with Crippen molar-refractivity contribution in [1.29, 1.82) is 0 Å². The maximum absolute atomic E-state index is 11.7. The Labute approximate surface area is 195 Å². The maximum Gasteiger partial charge on any atom is 0.337 e. The fraction of sp³-hybridized carbons (Fsp3) is 0.231. The number of carboxylic acid groups (broad SMARTS) is 1. The molecule has 0 aliphatic heterocycles. The standard InChI is InChI=1S/C26H23N5O3/c1-14-11-18(15(2)29-21-6-4-3-5-17(21)26(32)33)24-19(12-14)23-25(34-24)20(13-27-30-23)22-9-10-28-31(22)16-7-8-16/h3-6,9-13,15-16,29H,7-8H2,1-2H3,(H,32,33)/t15-/m1/s1. The van der Waals surface area contributed by atoms with Crippen LogP contribution in [0, 0.1) is 6.92 Å². The first kappa shape index (κ1) is 20.4. The lowest BCUT2D eigenvalue weighted by Gasteiger charge is -2.18. The zero-order valence-corrected chi connectivity index (χ0v) is 18.8. The predicted octanol–water partition coefficient (Wildman–Crippen LogP) is 5.75. The molecule has 0 amide bonds. The molecule has 8 heteroatoms. The van der Waals surface area contributed by atoms with Crippen LogP contribution in [0.2, 0.25) is 0 Å². The zero-order chi connectivity index (χ0) is 23.4. The summed E-state index contributed by atoms with van der Waals surface area (Å²) in [6.07, 6.45) is 5.80. The summed E-state index contributed by atoms with van der Waals surface area (Å²) in [4.78, 5) is 11.7. The van der Waals surface area contributed by atoms with Crippen LogP contribution in [0.25, 0.3) is 33.3 Å². The second kappa shape index (κ2) is 7.69. The molecule has 0 unspecified atom stereocenters. The van der Waals surface area contributed by atoms with E-state index in [1.807, 2.05) is 36.9 Å². The molecular formula is C26H23N5O3. The number of aryl methyl sites for hydroxylation is 1. The van der Waals surface area contributed by atoms with Crippen LogP contribution in [0.5, 0.6) is 0 Å². The highest BCUT2D eigenvalue weighted by molar-refractivity contribution is 6.08. The van der Waals surface area contributed by atoms with E-state index in [0.717, 1.165) is 40.6 Å². The second-order valence-corrected chi connectivity index (χ2v) is 8.88. The van der Waals surface area contributed by atoms with Gasteiger partial charge in [0.15, 0.2) is 5.58 Å². The molecule has 1 fully saturated rings. The van der Waals surface area contributed by atoms with Crippen molar-refractivity contribution in [3.05, 3.63) is 71.5 Å². The van der Waals surface area contributed by atoms with Crippen molar-refractivity contribution in [2.45, 2.75) is 38.8 Å². The van der Waals surface area contributed by atoms with Crippen molar-refractivity contribution in [2.75, 3.05) is 5.32 Å². The van der Waals surface area contributed by atoms with Gasteiger partial charge in [-0.2, -0.15) is 10.2 Å². The van der Waals surface area contributed by atoms with Gasteiger partial charge in [-0.3, -0.25) is 4.68 Å². The van der Waals surface area contributed by atoms with Gasteiger partial charge >= 0.3 is 5.97 Å². The Morgan fingerprint density at radius 2 is 2.03 bits per heavy atom. The summed E-state index contributed by atoms with van der Waals surface area (Å²) < 4.78 is 8.53. The van der Waals surface area contributed by atoms with Crippen LogP contribution in [0.15, 0.2) is 59.3 Å². The quantitative estimate of drug-likeness (QED) is 0.337. The molecule has 5 aromatic rings. The van der Waals surface area contributed by atoms with Gasteiger partial charge in [0, 0.05) is 22.8 Å². The maximum atomic E-state index is 11.7. The second-order valence-electron chi connectivity index (χ2n) is 8.88. The Morgan fingerprint density at radius 3 is 2.82 bits per heavy atom. The highest BCUT2D eigenvalue weighted by atomic mass is 16.4. The predicted molar refractivity (Wildman–Crippen MR) is 129 cm³/mol. The summed E-state index contributed by atoms with van der Waals surface area (Å²) in [5.41, 5.74) is 6.71. The third-order valence-electron chi connectivity index (χ3n) is 6.36. The van der Waals surface area contributed by atoms with Gasteiger partial charge in [-0.15, -0.1) is 5.10 Å². The van der Waals surface area contributed by atoms with Crippen LogP contribution in [0.3, 0.4) is 0 Å². The molecule has 6 rings (SSSR count). The van der Waals surface area contributed by atoms with Crippen LogP contribution in [-0.4, -0.2) is 31.1 Å². The van der Waals surface area contributed by atoms with Crippen molar-refractivity contribution in [2.24, 2.45) is 0 Å². The SMILES string of the molecule is Cc1cc([C@@H](C)Nc2ccccc2C(=O)O)c2oc3c(-c4ccnn4C4CC4)cnnc3c2c1. The molecular weight excluding hydrogens is 430 g/mol. The van der Waals surface area contributed by atoms with E-state index in [9.17, 15) is 9.90 Å². The Balaban J connectivity index is 1.50. The van der Waals surface area contributed by atoms with Crippen molar-refractivity contribution in [3.8, 4) is 11.3 Å². The molecule has 8 nitrogen and oxygen atoms in total. The van der Waals surface area contributed by atoms with E-state index in [2.05, 4.69) is 32.7 Å². The number of aromatic nitrogens is 4. The largest absolute Gasteiger partial charge is 0.478 e. The van der Waals surface area contributed by atoms with Gasteiger partial charge in [-0.1, -0.05) is 18.2 Å². The summed E-state index contributed by atoms with van der Waals surface area (Å²) in [6, 6.07) is 13.2. The number of hydrogen-bond acceptors (Lipinski definition) is 6. The summed E-state index contributed by atoms with van der Waals surface area (Å²) in [6.45, 7) is 4.02. The number of rotatable bonds is 6. The van der Waals surface area contributed by atoms with Crippen molar-refractivity contribution < 1.29 is 14.3 Å². The molecule has 3 aromatic heterocycles. The number of hydrogen-bond donors (Lipinski definition) is 2. The summed E-state index contributed by atoms with van der Waals surface area (Å²) in [5.74, 6) is -0.972. The molecule has 3 heterocycles. The van der Waals surface area contributed by atoms with E-state index in [1.54, 1.807) is 24.4 Å². The minimum absolute atomic E-state index is 0.211. The van der Waals surface area contributed by atoms with E-state index < -0.39 is 5.97 Å². The van der Waals surface area contributed by atoms with Gasteiger partial charge in [-0.05, 0) is 56.5 Å². The number of fused-ring (bicyclic) bond motifs is 3. The third-order valence-corrected chi connectivity index (χ3v) is 6.36. The van der Waals surface area contributed by atoms with Gasteiger partial charge in [0.05, 0.1) is 35.1 Å². The van der Waals surface area contributed by atoms with Gasteiger partial charge in [0.25, 0.3) is 0 Å². The summed E-state index contributed by atoms with van der Waals surface area (Å²) in [5, 5.41) is 27.0. The molecule has 0 spiro atoms. The van der Waals surface area contributed by atoms with Crippen molar-refractivity contribution >= 4 is 33.7 Å². The number of aromatic carboxylic acids is 1. The van der Waals surface area contributed by atoms with E-state index in [-0.39, 0.29) is 11.6 Å². The van der Waals surface area contributed by atoms with Gasteiger partial charge < -0.3 is 14.8 Å². The van der Waals surface area contributed by atoms with E-state index in [0.29, 0.717) is 28.4 Å². The minimum Gasteiger partial charge on any atom is -0.478 e. The molecule has 1 atom stereocenters. The number of anilines is 1. The van der Waals surface area contributed by atoms with Gasteiger partial charge in [-0.25, -0.2) is 4.79 Å². The molecule has 170 valence electrons. The average molecular weight is 454 g/mol. The number of furan rings is 1. The molecule has 1 saturated carbocycles. The molecule has 34 heavy (non-hydrogen) atoms. The Bertz CT molecular complexity index is 1560. The van der Waals surface area contributed by atoms with Crippen LogP contribution in [0.1, 0.15) is 53.3 Å². The first-order valence-electron chi connectivity index (χ1n) is 11.3. The molecule has 0 radical (unpaired) electrons. The summed E-state index contributed by atoms with van der Waals surface area (Å²) >= 11 is 0. The molecule has 0 saturated heterocycles. The van der Waals surface area contributed by atoms with Crippen LogP contribution in [-0.2, 0) is 0 Å². The number of benzene rings is 2. The number of para-hydroxylation sites is 1. The van der Waals surface area contributed by atoms with Crippen LogP contribution in [0.4, 0.5) is 5.69 Å². The van der Waals surface area contributed by atoms with Gasteiger partial charge in [0.2, 0.25) is 0 Å². The van der Waals surface area contributed by atoms with Crippen LogP contribution < -0.4 is 5.32 Å². The van der Waals surface area contributed by atoms with E-state index in [4.69, 9.17) is 4.42 Å². The monoisotopic (exact) mass is 453 g/mol. The number of nitrogens with zero attached hydrogens (tertiary/aromatic N) is 4. The molecule has 0 bridgehead atoms. The molecule has 1 aliphatic carbocycles. The Kier molecular flexibility index (Phi) is 4.62. The number of carboxylic acids is 1. The van der Waals surface area contributed by atoms with Crippen molar-refractivity contribution in [3.63, 3.8) is 0 Å². The fourth-order valence-corrected chi connectivity index (χ4v) is 4.60. The minimum atomic E-state index is -0.972. The number of carbonyl (C=O) groups is 1. The molecule has 1 aliphatic rings. The number of nitrogens with one attached hydrogen (secondary N) is 1. The zero-order valence-electron chi connectivity index (χ0n) is 18.8. The highest BCUT2D eigenvalue weighted by Crippen LogP contribution is 2.41. The fourth-order valence-electron chi connectivity index (χ4n) is 4.60.